The van der Waals surface area contributed by atoms with Gasteiger partial charge in [-0.25, -0.2) is 0 Å². The van der Waals surface area contributed by atoms with Crippen molar-refractivity contribution >= 4 is 38.9 Å². The lowest BCUT2D eigenvalue weighted by Crippen LogP contribution is -2.30. The van der Waals surface area contributed by atoms with E-state index in [1.807, 2.05) is 0 Å². The second-order valence-corrected chi connectivity index (χ2v) is 15.3. The van der Waals surface area contributed by atoms with Gasteiger partial charge in [-0.05, 0) is 113 Å². The molecule has 1 heterocycles. The van der Waals surface area contributed by atoms with E-state index in [1.54, 1.807) is 0 Å². The maximum absolute atomic E-state index is 2.40. The van der Waals surface area contributed by atoms with Crippen molar-refractivity contribution in [3.8, 4) is 27.9 Å². The van der Waals surface area contributed by atoms with Crippen LogP contribution >= 0.6 is 0 Å². The number of para-hydroxylation sites is 2. The Kier molecular flexibility index (Phi) is 8.80. The van der Waals surface area contributed by atoms with Crippen LogP contribution in [-0.2, 0) is 5.41 Å². The zero-order chi connectivity index (χ0) is 37.3. The minimum absolute atomic E-state index is 0.0658. The molecule has 270 valence electrons. The Balaban J connectivity index is 1.03. The minimum atomic E-state index is 0.0658. The summed E-state index contributed by atoms with van der Waals surface area (Å²) in [6, 6.07) is 75.7. The zero-order valence-electron chi connectivity index (χ0n) is 31.6. The number of anilines is 3. The van der Waals surface area contributed by atoms with E-state index in [0.29, 0.717) is 0 Å². The van der Waals surface area contributed by atoms with Crippen LogP contribution in [-0.4, -0.2) is 4.57 Å². The summed E-state index contributed by atoms with van der Waals surface area (Å²) in [6.45, 7) is 0. The molecule has 0 bridgehead atoms. The Morgan fingerprint density at radius 1 is 0.357 bits per heavy atom. The highest BCUT2D eigenvalue weighted by Crippen LogP contribution is 2.46. The number of aromatic nitrogens is 1. The number of hydrogen-bond donors (Lipinski definition) is 0. The van der Waals surface area contributed by atoms with Gasteiger partial charge in [0.25, 0.3) is 0 Å². The molecule has 0 aliphatic heterocycles. The van der Waals surface area contributed by atoms with Crippen molar-refractivity contribution in [3.63, 3.8) is 0 Å². The molecule has 8 aromatic carbocycles. The average Bonchev–Trinajstić information content (AvgIpc) is 3.62. The van der Waals surface area contributed by atoms with Gasteiger partial charge in [-0.15, -0.1) is 0 Å². The second kappa shape index (κ2) is 14.5. The number of nitrogens with zero attached hydrogens (tertiary/aromatic N) is 2. The molecule has 10 rings (SSSR count). The van der Waals surface area contributed by atoms with E-state index < -0.39 is 0 Å². The highest BCUT2D eigenvalue weighted by Gasteiger charge is 2.35. The summed E-state index contributed by atoms with van der Waals surface area (Å²) in [5.74, 6) is 0. The Morgan fingerprint density at radius 2 is 0.821 bits per heavy atom. The van der Waals surface area contributed by atoms with E-state index in [-0.39, 0.29) is 5.41 Å². The average molecular weight is 721 g/mol. The number of rotatable bonds is 8. The van der Waals surface area contributed by atoms with Gasteiger partial charge < -0.3 is 9.47 Å². The lowest BCUT2D eigenvalue weighted by molar-refractivity contribution is 0.346. The van der Waals surface area contributed by atoms with Crippen molar-refractivity contribution in [2.24, 2.45) is 0 Å². The molecule has 1 aliphatic carbocycles. The van der Waals surface area contributed by atoms with Crippen molar-refractivity contribution in [1.82, 2.24) is 4.57 Å². The van der Waals surface area contributed by atoms with E-state index in [2.05, 4.69) is 216 Å². The summed E-state index contributed by atoms with van der Waals surface area (Å²) < 4.78 is 2.37. The summed E-state index contributed by atoms with van der Waals surface area (Å²) in [7, 11) is 0. The van der Waals surface area contributed by atoms with Gasteiger partial charge in [0.05, 0.1) is 11.0 Å². The molecule has 0 N–H and O–H groups in total. The Bertz CT molecular complexity index is 2720. The molecule has 0 saturated heterocycles. The van der Waals surface area contributed by atoms with Gasteiger partial charge in [0.1, 0.15) is 0 Å². The first kappa shape index (κ1) is 33.9. The monoisotopic (exact) mass is 720 g/mol. The molecule has 0 amide bonds. The molecule has 0 atom stereocenters. The van der Waals surface area contributed by atoms with Gasteiger partial charge in [0, 0.05) is 38.9 Å². The second-order valence-electron chi connectivity index (χ2n) is 15.3. The lowest BCUT2D eigenvalue weighted by atomic mass is 9.65. The third-order valence-corrected chi connectivity index (χ3v) is 12.1. The summed E-state index contributed by atoms with van der Waals surface area (Å²) in [5, 5.41) is 2.53. The maximum Gasteiger partial charge on any atom is 0.0541 e. The fourth-order valence-corrected chi connectivity index (χ4v) is 9.28. The molecule has 0 radical (unpaired) electrons. The first-order chi connectivity index (χ1) is 27.7. The van der Waals surface area contributed by atoms with Gasteiger partial charge in [-0.1, -0.05) is 159 Å². The van der Waals surface area contributed by atoms with E-state index in [9.17, 15) is 0 Å². The fourth-order valence-electron chi connectivity index (χ4n) is 9.28. The molecule has 1 fully saturated rings. The topological polar surface area (TPSA) is 8.17 Å². The third kappa shape index (κ3) is 6.08. The first-order valence-electron chi connectivity index (χ1n) is 20.1. The van der Waals surface area contributed by atoms with Gasteiger partial charge in [0.15, 0.2) is 0 Å². The quantitative estimate of drug-likeness (QED) is 0.152. The molecular weight excluding hydrogens is 677 g/mol. The van der Waals surface area contributed by atoms with Crippen LogP contribution < -0.4 is 4.90 Å². The van der Waals surface area contributed by atoms with Crippen LogP contribution in [0.1, 0.15) is 43.2 Å². The highest BCUT2D eigenvalue weighted by atomic mass is 15.1. The van der Waals surface area contributed by atoms with Crippen LogP contribution in [0.3, 0.4) is 0 Å². The molecule has 9 aromatic rings. The lowest BCUT2D eigenvalue weighted by Gasteiger charge is -2.39. The van der Waals surface area contributed by atoms with Crippen LogP contribution in [0.25, 0.3) is 49.7 Å². The predicted octanol–water partition coefficient (Wildman–Crippen LogP) is 14.8. The zero-order valence-corrected chi connectivity index (χ0v) is 31.6. The number of benzene rings is 8. The van der Waals surface area contributed by atoms with Crippen molar-refractivity contribution in [3.05, 3.63) is 217 Å². The summed E-state index contributed by atoms with van der Waals surface area (Å²) in [4.78, 5) is 2.40. The van der Waals surface area contributed by atoms with Gasteiger partial charge >= 0.3 is 0 Å². The molecular formula is C54H44N2. The molecule has 0 spiro atoms. The van der Waals surface area contributed by atoms with Gasteiger partial charge in [-0.3, -0.25) is 0 Å². The Labute approximate surface area is 330 Å². The van der Waals surface area contributed by atoms with Crippen molar-refractivity contribution in [2.45, 2.75) is 37.5 Å². The number of fused-ring (bicyclic) bond motifs is 3. The van der Waals surface area contributed by atoms with Crippen LogP contribution in [0.15, 0.2) is 206 Å². The Morgan fingerprint density at radius 3 is 1.46 bits per heavy atom. The number of hydrogen-bond acceptors (Lipinski definition) is 1. The van der Waals surface area contributed by atoms with Crippen molar-refractivity contribution in [1.29, 1.82) is 0 Å². The molecule has 2 heteroatoms. The summed E-state index contributed by atoms with van der Waals surface area (Å²) >= 11 is 0. The smallest absolute Gasteiger partial charge is 0.0541 e. The molecule has 56 heavy (non-hydrogen) atoms. The molecule has 2 nitrogen and oxygen atoms in total. The van der Waals surface area contributed by atoms with Crippen molar-refractivity contribution < 1.29 is 0 Å². The predicted molar refractivity (Wildman–Crippen MR) is 237 cm³/mol. The van der Waals surface area contributed by atoms with Crippen LogP contribution in [0.5, 0.6) is 0 Å². The van der Waals surface area contributed by atoms with E-state index in [0.717, 1.165) is 17.1 Å². The highest BCUT2D eigenvalue weighted by molar-refractivity contribution is 6.10. The SMILES string of the molecule is c1ccc(-c2ccc(N(c3ccc(-c4ccc5c(c4)c4ccccc4n5-c4ccccc4)cc3)c3ccc(C4(c5ccccc5)CCCCC4)cc3)cc2)cc1. The van der Waals surface area contributed by atoms with E-state index in [1.165, 1.54) is 93.0 Å². The third-order valence-electron chi connectivity index (χ3n) is 12.1. The summed E-state index contributed by atoms with van der Waals surface area (Å²) in [5.41, 5.74) is 14.8. The standard InChI is InChI=1S/C54H44N2/c1-5-15-40(16-6-1)41-23-30-47(31-24-41)55(49-34-28-45(29-35-49)54(37-13-4-14-38-54)44-17-7-2-8-18-44)48-32-25-42(26-33-48)43-27-36-53-51(39-43)50-21-11-12-22-52(50)56(53)46-19-9-3-10-20-46/h1-3,5-12,15-36,39H,4,13-14,37-38H2. The fraction of sp³-hybridized carbons (Fsp3) is 0.111. The largest absolute Gasteiger partial charge is 0.311 e. The van der Waals surface area contributed by atoms with Crippen LogP contribution in [0.4, 0.5) is 17.1 Å². The van der Waals surface area contributed by atoms with Crippen molar-refractivity contribution in [2.75, 3.05) is 4.90 Å². The Hall–Kier alpha value is -6.64. The van der Waals surface area contributed by atoms with E-state index in [4.69, 9.17) is 0 Å². The van der Waals surface area contributed by atoms with Gasteiger partial charge in [-0.2, -0.15) is 0 Å². The normalized spacial score (nSPS) is 13.9. The molecule has 1 aliphatic rings. The maximum atomic E-state index is 2.40. The molecule has 0 unspecified atom stereocenters. The van der Waals surface area contributed by atoms with Crippen LogP contribution in [0, 0.1) is 0 Å². The van der Waals surface area contributed by atoms with Gasteiger partial charge in [0.2, 0.25) is 0 Å². The minimum Gasteiger partial charge on any atom is -0.311 e. The molecule has 1 saturated carbocycles. The molecule has 1 aromatic heterocycles. The first-order valence-corrected chi connectivity index (χ1v) is 20.1. The van der Waals surface area contributed by atoms with Crippen LogP contribution in [0.2, 0.25) is 0 Å². The van der Waals surface area contributed by atoms with E-state index >= 15 is 0 Å². The summed E-state index contributed by atoms with van der Waals surface area (Å²) in [6.07, 6.45) is 6.25.